The van der Waals surface area contributed by atoms with Gasteiger partial charge in [-0.1, -0.05) is 17.7 Å². The lowest BCUT2D eigenvalue weighted by Gasteiger charge is -2.17. The molecule has 1 amide bonds. The van der Waals surface area contributed by atoms with Crippen LogP contribution in [0.15, 0.2) is 30.6 Å². The van der Waals surface area contributed by atoms with Crippen molar-refractivity contribution in [2.45, 2.75) is 26.8 Å². The molecule has 0 N–H and O–H groups in total. The van der Waals surface area contributed by atoms with E-state index >= 15 is 0 Å². The molecule has 112 valence electrons. The first-order valence-corrected chi connectivity index (χ1v) is 7.17. The van der Waals surface area contributed by atoms with Gasteiger partial charge in [-0.2, -0.15) is 5.06 Å². The van der Waals surface area contributed by atoms with E-state index in [1.165, 1.54) is 5.06 Å². The average Bonchev–Trinajstić information content (AvgIpc) is 2.89. The molecule has 1 heterocycles. The first kappa shape index (κ1) is 15.5. The number of anilines is 1. The second-order valence-corrected chi connectivity index (χ2v) is 4.95. The van der Waals surface area contributed by atoms with E-state index in [0.29, 0.717) is 23.7 Å². The molecule has 0 aliphatic heterocycles. The topological polar surface area (TPSA) is 47.4 Å². The lowest BCUT2D eigenvalue weighted by molar-refractivity contribution is -0.113. The number of hydroxylamine groups is 1. The van der Waals surface area contributed by atoms with Crippen LogP contribution in [0.25, 0.3) is 0 Å². The number of benzene rings is 1. The van der Waals surface area contributed by atoms with E-state index in [9.17, 15) is 4.79 Å². The third-order valence-electron chi connectivity index (χ3n) is 3.20. The molecule has 0 spiro atoms. The van der Waals surface area contributed by atoms with Crippen LogP contribution in [0.2, 0.25) is 5.02 Å². The van der Waals surface area contributed by atoms with E-state index in [4.69, 9.17) is 16.4 Å². The number of hydrogen-bond acceptors (Lipinski definition) is 3. The van der Waals surface area contributed by atoms with E-state index in [-0.39, 0.29) is 0 Å². The fourth-order valence-electron chi connectivity index (χ4n) is 2.06. The Morgan fingerprint density at radius 2 is 2.29 bits per heavy atom. The predicted octanol–water partition coefficient (Wildman–Crippen LogP) is 3.00. The van der Waals surface area contributed by atoms with Gasteiger partial charge in [0, 0.05) is 24.0 Å². The average molecular weight is 308 g/mol. The Morgan fingerprint density at radius 3 is 2.86 bits per heavy atom. The van der Waals surface area contributed by atoms with Crippen molar-refractivity contribution in [1.82, 2.24) is 9.55 Å². The largest absolute Gasteiger partial charge is 0.335 e. The summed E-state index contributed by atoms with van der Waals surface area (Å²) < 4.78 is 2.07. The van der Waals surface area contributed by atoms with Crippen LogP contribution in [0, 0.1) is 6.92 Å². The van der Waals surface area contributed by atoms with Crippen molar-refractivity contribution < 1.29 is 9.63 Å². The van der Waals surface area contributed by atoms with Crippen LogP contribution >= 0.6 is 11.6 Å². The lowest BCUT2D eigenvalue weighted by Crippen LogP contribution is -2.21. The first-order valence-electron chi connectivity index (χ1n) is 6.79. The Morgan fingerprint density at radius 1 is 1.48 bits per heavy atom. The molecular weight excluding hydrogens is 290 g/mol. The number of aryl methyl sites for hydroxylation is 3. The Kier molecular flexibility index (Phi) is 5.36. The number of halogens is 1. The smallest absolute Gasteiger partial charge is 0.238 e. The van der Waals surface area contributed by atoms with Gasteiger partial charge >= 0.3 is 0 Å². The minimum atomic E-state index is 0.415. The number of hydrogen-bond donors (Lipinski definition) is 0. The second-order valence-electron chi connectivity index (χ2n) is 4.54. The summed E-state index contributed by atoms with van der Waals surface area (Å²) in [5.41, 5.74) is 1.65. The Labute approximate surface area is 129 Å². The van der Waals surface area contributed by atoms with E-state index < -0.39 is 0 Å². The summed E-state index contributed by atoms with van der Waals surface area (Å²) in [6.07, 6.45) is 5.15. The van der Waals surface area contributed by atoms with Crippen molar-refractivity contribution >= 4 is 23.7 Å². The maximum Gasteiger partial charge on any atom is 0.238 e. The van der Waals surface area contributed by atoms with Gasteiger partial charge in [-0.3, -0.25) is 9.63 Å². The zero-order valence-corrected chi connectivity index (χ0v) is 12.9. The van der Waals surface area contributed by atoms with Crippen molar-refractivity contribution in [3.63, 3.8) is 0 Å². The van der Waals surface area contributed by atoms with Gasteiger partial charge in [-0.15, -0.1) is 0 Å². The molecule has 0 aliphatic carbocycles. The molecule has 0 atom stereocenters. The highest BCUT2D eigenvalue weighted by atomic mass is 35.5. The predicted molar refractivity (Wildman–Crippen MR) is 82.3 cm³/mol. The van der Waals surface area contributed by atoms with Crippen LogP contribution in [-0.4, -0.2) is 22.6 Å². The van der Waals surface area contributed by atoms with Crippen LogP contribution < -0.4 is 5.06 Å². The molecule has 2 rings (SSSR count). The standard InChI is InChI=1S/C15H18ClN3O2/c1-3-21-19(11-20)14-5-4-13(15(16)10-14)6-8-18-9-7-17-12(18)2/h4-5,7,9-11H,3,6,8H2,1-2H3. The SMILES string of the molecule is CCON(C=O)c1ccc(CCn2ccnc2C)c(Cl)c1. The lowest BCUT2D eigenvalue weighted by atomic mass is 10.1. The Balaban J connectivity index is 2.08. The number of rotatable bonds is 7. The summed E-state index contributed by atoms with van der Waals surface area (Å²) in [5, 5.41) is 1.80. The van der Waals surface area contributed by atoms with Crippen molar-refractivity contribution in [2.75, 3.05) is 11.7 Å². The molecular formula is C15H18ClN3O2. The van der Waals surface area contributed by atoms with Crippen LogP contribution in [0.5, 0.6) is 0 Å². The quantitative estimate of drug-likeness (QED) is 0.583. The summed E-state index contributed by atoms with van der Waals surface area (Å²) in [7, 11) is 0. The van der Waals surface area contributed by atoms with Crippen molar-refractivity contribution in [3.05, 3.63) is 47.0 Å². The van der Waals surface area contributed by atoms with Gasteiger partial charge in [0.1, 0.15) is 5.82 Å². The molecule has 21 heavy (non-hydrogen) atoms. The Hall–Kier alpha value is -1.85. The summed E-state index contributed by atoms with van der Waals surface area (Å²) >= 11 is 6.29. The monoisotopic (exact) mass is 307 g/mol. The normalized spacial score (nSPS) is 10.6. The highest BCUT2D eigenvalue weighted by Gasteiger charge is 2.09. The van der Waals surface area contributed by atoms with Gasteiger partial charge in [-0.05, 0) is 38.0 Å². The van der Waals surface area contributed by atoms with E-state index in [1.807, 2.05) is 32.2 Å². The molecule has 1 aromatic heterocycles. The third kappa shape index (κ3) is 3.83. The molecule has 0 fully saturated rings. The molecule has 0 saturated carbocycles. The molecule has 1 aromatic carbocycles. The van der Waals surface area contributed by atoms with Crippen LogP contribution in [0.1, 0.15) is 18.3 Å². The van der Waals surface area contributed by atoms with Gasteiger partial charge in [0.15, 0.2) is 0 Å². The van der Waals surface area contributed by atoms with Crippen molar-refractivity contribution in [1.29, 1.82) is 0 Å². The first-order chi connectivity index (χ1) is 10.2. The van der Waals surface area contributed by atoms with Crippen molar-refractivity contribution in [3.8, 4) is 0 Å². The van der Waals surface area contributed by atoms with E-state index in [0.717, 1.165) is 24.4 Å². The fraction of sp³-hybridized carbons (Fsp3) is 0.333. The maximum atomic E-state index is 11.0. The molecule has 2 aromatic rings. The maximum absolute atomic E-state index is 11.0. The number of carbonyl (C=O) groups excluding carboxylic acids is 1. The van der Waals surface area contributed by atoms with Gasteiger partial charge in [0.05, 0.1) is 12.3 Å². The molecule has 0 bridgehead atoms. The number of nitrogens with zero attached hydrogens (tertiary/aromatic N) is 3. The number of imidazole rings is 1. The van der Waals surface area contributed by atoms with E-state index in [1.54, 1.807) is 12.3 Å². The van der Waals surface area contributed by atoms with Crippen molar-refractivity contribution in [2.24, 2.45) is 0 Å². The zero-order chi connectivity index (χ0) is 15.2. The van der Waals surface area contributed by atoms with Crippen LogP contribution in [0.4, 0.5) is 5.69 Å². The van der Waals surface area contributed by atoms with Gasteiger partial charge < -0.3 is 4.57 Å². The summed E-state index contributed by atoms with van der Waals surface area (Å²) in [5.74, 6) is 0.978. The molecule has 0 radical (unpaired) electrons. The van der Waals surface area contributed by atoms with E-state index in [2.05, 4.69) is 9.55 Å². The Bertz CT molecular complexity index is 613. The number of carbonyl (C=O) groups is 1. The molecule has 0 unspecified atom stereocenters. The molecule has 0 saturated heterocycles. The highest BCUT2D eigenvalue weighted by molar-refractivity contribution is 6.31. The van der Waals surface area contributed by atoms with Gasteiger partial charge in [-0.25, -0.2) is 4.98 Å². The van der Waals surface area contributed by atoms with Gasteiger partial charge in [0.2, 0.25) is 6.41 Å². The summed E-state index contributed by atoms with van der Waals surface area (Å²) in [4.78, 5) is 20.3. The van der Waals surface area contributed by atoms with Crippen LogP contribution in [-0.2, 0) is 22.6 Å². The third-order valence-corrected chi connectivity index (χ3v) is 3.55. The molecule has 5 nitrogen and oxygen atoms in total. The minimum absolute atomic E-state index is 0.415. The zero-order valence-electron chi connectivity index (χ0n) is 12.1. The highest BCUT2D eigenvalue weighted by Crippen LogP contribution is 2.24. The number of amides is 1. The molecule has 0 aliphatic rings. The second kappa shape index (κ2) is 7.24. The van der Waals surface area contributed by atoms with Gasteiger partial charge in [0.25, 0.3) is 0 Å². The van der Waals surface area contributed by atoms with Crippen LogP contribution in [0.3, 0.4) is 0 Å². The fourth-order valence-corrected chi connectivity index (χ4v) is 2.33. The molecule has 6 heteroatoms. The number of aromatic nitrogens is 2. The minimum Gasteiger partial charge on any atom is -0.335 e. The summed E-state index contributed by atoms with van der Waals surface area (Å²) in [6.45, 7) is 5.01. The summed E-state index contributed by atoms with van der Waals surface area (Å²) in [6, 6.07) is 5.48.